The minimum atomic E-state index is 0.130. The summed E-state index contributed by atoms with van der Waals surface area (Å²) in [5.41, 5.74) is 10.1. The van der Waals surface area contributed by atoms with Crippen LogP contribution in [0.3, 0.4) is 0 Å². The van der Waals surface area contributed by atoms with Gasteiger partial charge < -0.3 is 11.5 Å². The van der Waals surface area contributed by atoms with Gasteiger partial charge in [0, 0.05) is 5.25 Å². The van der Waals surface area contributed by atoms with Crippen molar-refractivity contribution in [1.29, 1.82) is 0 Å². The van der Waals surface area contributed by atoms with Gasteiger partial charge in [-0.3, -0.25) is 4.99 Å². The van der Waals surface area contributed by atoms with Crippen LogP contribution in [0.5, 0.6) is 0 Å². The molecule has 1 unspecified atom stereocenters. The molecule has 0 fully saturated rings. The Morgan fingerprint density at radius 3 is 2.38 bits per heavy atom. The predicted octanol–water partition coefficient (Wildman–Crippen LogP) is -0.422. The fraction of sp³-hybridized carbons (Fsp3) is 0.750. The van der Waals surface area contributed by atoms with Crippen molar-refractivity contribution in [2.45, 2.75) is 12.2 Å². The largest absolute Gasteiger partial charge is 0.370 e. The zero-order valence-corrected chi connectivity index (χ0v) is 5.73. The Morgan fingerprint density at radius 2 is 2.25 bits per heavy atom. The van der Waals surface area contributed by atoms with Gasteiger partial charge in [-0.05, 0) is 0 Å². The lowest BCUT2D eigenvalue weighted by Gasteiger charge is -1.95. The Labute approximate surface area is 54.6 Å². The lowest BCUT2D eigenvalue weighted by atomic mass is 10.5. The number of guanidine groups is 1. The molecule has 1 atom stereocenters. The molecule has 0 heterocycles. The Bertz CT molecular complexity index is 85.3. The maximum Gasteiger partial charge on any atom is 0.185 e. The topological polar surface area (TPSA) is 64.4 Å². The van der Waals surface area contributed by atoms with E-state index < -0.39 is 0 Å². The fourth-order valence-corrected chi connectivity index (χ4v) is 0.319. The highest BCUT2D eigenvalue weighted by atomic mass is 32.1. The van der Waals surface area contributed by atoms with E-state index in [0.29, 0.717) is 6.54 Å². The fourth-order valence-electron chi connectivity index (χ4n) is 0.238. The van der Waals surface area contributed by atoms with Crippen LogP contribution >= 0.6 is 12.6 Å². The van der Waals surface area contributed by atoms with Gasteiger partial charge in [-0.15, -0.1) is 0 Å². The molecule has 0 aromatic rings. The van der Waals surface area contributed by atoms with Gasteiger partial charge >= 0.3 is 0 Å². The van der Waals surface area contributed by atoms with E-state index in [4.69, 9.17) is 11.5 Å². The monoisotopic (exact) mass is 133 g/mol. The summed E-state index contributed by atoms with van der Waals surface area (Å²) in [6.45, 7) is 2.51. The SMILES string of the molecule is CC(S)CN=C(N)N. The summed E-state index contributed by atoms with van der Waals surface area (Å²) in [6, 6.07) is 0. The molecule has 0 aliphatic carbocycles. The second-order valence-electron chi connectivity index (χ2n) is 1.61. The summed E-state index contributed by atoms with van der Waals surface area (Å²) in [4.78, 5) is 3.72. The first-order valence-corrected chi connectivity index (χ1v) is 2.88. The van der Waals surface area contributed by atoms with Crippen LogP contribution in [-0.4, -0.2) is 17.8 Å². The highest BCUT2D eigenvalue weighted by Gasteiger charge is 1.88. The highest BCUT2D eigenvalue weighted by Crippen LogP contribution is 1.90. The molecular formula is C4H11N3S. The van der Waals surface area contributed by atoms with E-state index in [0.717, 1.165) is 0 Å². The number of rotatable bonds is 2. The molecule has 0 aliphatic heterocycles. The number of hydrogen-bond acceptors (Lipinski definition) is 2. The van der Waals surface area contributed by atoms with Crippen molar-refractivity contribution < 1.29 is 0 Å². The van der Waals surface area contributed by atoms with Crippen LogP contribution < -0.4 is 11.5 Å². The van der Waals surface area contributed by atoms with Gasteiger partial charge in [-0.25, -0.2) is 0 Å². The third kappa shape index (κ3) is 5.62. The molecule has 8 heavy (non-hydrogen) atoms. The van der Waals surface area contributed by atoms with E-state index in [1.807, 2.05) is 6.92 Å². The number of hydrogen-bond donors (Lipinski definition) is 3. The Morgan fingerprint density at radius 1 is 1.75 bits per heavy atom. The smallest absolute Gasteiger partial charge is 0.185 e. The number of nitrogens with zero attached hydrogens (tertiary/aromatic N) is 1. The van der Waals surface area contributed by atoms with E-state index in [1.54, 1.807) is 0 Å². The van der Waals surface area contributed by atoms with Crippen LogP contribution in [0.2, 0.25) is 0 Å². The van der Waals surface area contributed by atoms with Gasteiger partial charge in [0.25, 0.3) is 0 Å². The minimum Gasteiger partial charge on any atom is -0.370 e. The Kier molecular flexibility index (Phi) is 3.43. The summed E-state index contributed by atoms with van der Waals surface area (Å²) < 4.78 is 0. The summed E-state index contributed by atoms with van der Waals surface area (Å²) in [5.74, 6) is 0.130. The predicted molar refractivity (Wildman–Crippen MR) is 39.1 cm³/mol. The van der Waals surface area contributed by atoms with Crippen molar-refractivity contribution in [2.75, 3.05) is 6.54 Å². The second kappa shape index (κ2) is 3.60. The van der Waals surface area contributed by atoms with Crippen molar-refractivity contribution in [3.05, 3.63) is 0 Å². The first-order valence-electron chi connectivity index (χ1n) is 2.36. The van der Waals surface area contributed by atoms with E-state index in [-0.39, 0.29) is 11.2 Å². The number of nitrogens with two attached hydrogens (primary N) is 2. The molecule has 0 rings (SSSR count). The van der Waals surface area contributed by atoms with E-state index in [2.05, 4.69) is 17.6 Å². The number of aliphatic imine (C=N–C) groups is 1. The van der Waals surface area contributed by atoms with Gasteiger partial charge in [0.15, 0.2) is 5.96 Å². The van der Waals surface area contributed by atoms with Gasteiger partial charge in [0.05, 0.1) is 6.54 Å². The quantitative estimate of drug-likeness (QED) is 0.272. The molecule has 0 spiro atoms. The third-order valence-corrected chi connectivity index (χ3v) is 0.701. The van der Waals surface area contributed by atoms with E-state index in [1.165, 1.54) is 0 Å². The van der Waals surface area contributed by atoms with Crippen molar-refractivity contribution in [3.63, 3.8) is 0 Å². The molecule has 0 amide bonds. The van der Waals surface area contributed by atoms with Crippen molar-refractivity contribution in [1.82, 2.24) is 0 Å². The zero-order chi connectivity index (χ0) is 6.57. The average Bonchev–Trinajstić information content (AvgIpc) is 1.61. The first kappa shape index (κ1) is 7.62. The Hall–Kier alpha value is -0.380. The summed E-state index contributed by atoms with van der Waals surface area (Å²) in [6.07, 6.45) is 0. The van der Waals surface area contributed by atoms with Gasteiger partial charge in [0.1, 0.15) is 0 Å². The van der Waals surface area contributed by atoms with Crippen LogP contribution in [0.1, 0.15) is 6.92 Å². The van der Waals surface area contributed by atoms with Crippen LogP contribution in [0.25, 0.3) is 0 Å². The van der Waals surface area contributed by atoms with Crippen molar-refractivity contribution >= 4 is 18.6 Å². The van der Waals surface area contributed by atoms with E-state index >= 15 is 0 Å². The summed E-state index contributed by atoms with van der Waals surface area (Å²) in [7, 11) is 0. The molecule has 0 saturated carbocycles. The van der Waals surface area contributed by atoms with E-state index in [9.17, 15) is 0 Å². The molecule has 0 bridgehead atoms. The number of thiol groups is 1. The molecule has 48 valence electrons. The van der Waals surface area contributed by atoms with Crippen molar-refractivity contribution in [3.8, 4) is 0 Å². The average molecular weight is 133 g/mol. The lowest BCUT2D eigenvalue weighted by Crippen LogP contribution is -2.23. The molecule has 0 radical (unpaired) electrons. The summed E-state index contributed by atoms with van der Waals surface area (Å²) in [5, 5.41) is 0.233. The lowest BCUT2D eigenvalue weighted by molar-refractivity contribution is 0.953. The first-order chi connectivity index (χ1) is 3.63. The molecule has 0 aliphatic rings. The van der Waals surface area contributed by atoms with Crippen LogP contribution in [0, 0.1) is 0 Å². The molecule has 0 saturated heterocycles. The maximum atomic E-state index is 5.03. The summed E-state index contributed by atoms with van der Waals surface area (Å²) >= 11 is 4.05. The van der Waals surface area contributed by atoms with Gasteiger partial charge in [-0.2, -0.15) is 12.6 Å². The van der Waals surface area contributed by atoms with Crippen LogP contribution in [0.4, 0.5) is 0 Å². The molecule has 0 aromatic heterocycles. The Balaban J connectivity index is 3.29. The third-order valence-electron chi connectivity index (χ3n) is 0.538. The second-order valence-corrected chi connectivity index (χ2v) is 2.50. The van der Waals surface area contributed by atoms with Crippen LogP contribution in [-0.2, 0) is 0 Å². The van der Waals surface area contributed by atoms with Crippen molar-refractivity contribution in [2.24, 2.45) is 16.5 Å². The maximum absolute atomic E-state index is 5.03. The van der Waals surface area contributed by atoms with Gasteiger partial charge in [0.2, 0.25) is 0 Å². The van der Waals surface area contributed by atoms with Gasteiger partial charge in [-0.1, -0.05) is 6.92 Å². The molecule has 4 N–H and O–H groups in total. The van der Waals surface area contributed by atoms with Crippen LogP contribution in [0.15, 0.2) is 4.99 Å². The highest BCUT2D eigenvalue weighted by molar-refractivity contribution is 7.80. The molecule has 3 nitrogen and oxygen atoms in total. The standard InChI is InChI=1S/C4H11N3S/c1-3(8)2-7-4(5)6/h3,8H,2H2,1H3,(H4,5,6,7). The zero-order valence-electron chi connectivity index (χ0n) is 4.83. The normalized spacial score (nSPS) is 12.8. The molecule has 0 aromatic carbocycles. The molecular weight excluding hydrogens is 122 g/mol. The molecule has 4 heteroatoms. The minimum absolute atomic E-state index is 0.130.